The number of non-ortho nitro benzene ring substituents is 2. The number of halogens is 1. The van der Waals surface area contributed by atoms with Gasteiger partial charge >= 0.3 is 0 Å². The molecule has 0 saturated carbocycles. The molecule has 2 aromatic heterocycles. The molecule has 172 valence electrons. The lowest BCUT2D eigenvalue weighted by atomic mass is 10.1. The summed E-state index contributed by atoms with van der Waals surface area (Å²) in [5.41, 5.74) is -0.218. The van der Waals surface area contributed by atoms with Crippen molar-refractivity contribution in [3.05, 3.63) is 85.4 Å². The second-order valence-corrected chi connectivity index (χ2v) is 7.21. The number of nitrogens with one attached hydrogen (secondary N) is 1. The van der Waals surface area contributed by atoms with E-state index < -0.39 is 27.1 Å². The number of hydrogen-bond donors (Lipinski definition) is 1. The van der Waals surface area contributed by atoms with Crippen molar-refractivity contribution in [1.29, 1.82) is 0 Å². The van der Waals surface area contributed by atoms with E-state index in [2.05, 4.69) is 20.6 Å². The van der Waals surface area contributed by atoms with Gasteiger partial charge in [0.2, 0.25) is 5.88 Å². The van der Waals surface area contributed by atoms with E-state index in [9.17, 15) is 25.0 Å². The molecule has 0 aliphatic rings. The van der Waals surface area contributed by atoms with Crippen LogP contribution in [0.25, 0.3) is 17.0 Å². The standard InChI is InChI=1S/C20H14ClN7O6/c21-16-4-2-1-3-15(16)19-24-23-17-5-6-18(25-26(17)19)34-8-7-22-20(29)12-9-13(27(30)31)11-14(10-12)28(32)33/h1-6,9-11H,7-8H2,(H,22,29). The van der Waals surface area contributed by atoms with Gasteiger partial charge in [-0.15, -0.1) is 15.3 Å². The summed E-state index contributed by atoms with van der Waals surface area (Å²) in [4.78, 5) is 32.7. The fourth-order valence-electron chi connectivity index (χ4n) is 3.02. The third-order valence-electron chi connectivity index (χ3n) is 4.58. The maximum absolute atomic E-state index is 12.3. The van der Waals surface area contributed by atoms with Crippen LogP contribution in [0.4, 0.5) is 11.4 Å². The zero-order valence-electron chi connectivity index (χ0n) is 17.1. The van der Waals surface area contributed by atoms with Crippen LogP contribution in [0.15, 0.2) is 54.6 Å². The minimum Gasteiger partial charge on any atom is -0.475 e. The summed E-state index contributed by atoms with van der Waals surface area (Å²) >= 11 is 6.24. The Balaban J connectivity index is 1.42. The highest BCUT2D eigenvalue weighted by Crippen LogP contribution is 2.26. The second kappa shape index (κ2) is 9.46. The van der Waals surface area contributed by atoms with E-state index in [0.717, 1.165) is 18.2 Å². The van der Waals surface area contributed by atoms with E-state index in [-0.39, 0.29) is 24.6 Å². The zero-order valence-corrected chi connectivity index (χ0v) is 17.9. The normalized spacial score (nSPS) is 10.7. The summed E-state index contributed by atoms with van der Waals surface area (Å²) in [6.07, 6.45) is 0. The number of benzene rings is 2. The first kappa shape index (κ1) is 22.5. The van der Waals surface area contributed by atoms with Gasteiger partial charge in [-0.25, -0.2) is 0 Å². The van der Waals surface area contributed by atoms with Crippen LogP contribution in [0.5, 0.6) is 5.88 Å². The molecule has 34 heavy (non-hydrogen) atoms. The summed E-state index contributed by atoms with van der Waals surface area (Å²) in [6.45, 7) is 0.0133. The number of rotatable bonds is 8. The Bertz CT molecular complexity index is 1390. The molecule has 1 amide bonds. The molecule has 14 heteroatoms. The van der Waals surface area contributed by atoms with E-state index in [1.54, 1.807) is 36.4 Å². The molecule has 0 spiro atoms. The molecule has 0 aliphatic heterocycles. The van der Waals surface area contributed by atoms with Crippen LogP contribution in [0.2, 0.25) is 5.02 Å². The minimum absolute atomic E-state index is 0.00478. The highest BCUT2D eigenvalue weighted by molar-refractivity contribution is 6.33. The molecule has 0 fully saturated rings. The van der Waals surface area contributed by atoms with Gasteiger partial charge in [0.15, 0.2) is 11.5 Å². The number of fused-ring (bicyclic) bond motifs is 1. The molecule has 0 bridgehead atoms. The lowest BCUT2D eigenvalue weighted by molar-refractivity contribution is -0.394. The molecule has 13 nitrogen and oxygen atoms in total. The average molecular weight is 484 g/mol. The van der Waals surface area contributed by atoms with Crippen LogP contribution in [0.1, 0.15) is 10.4 Å². The lowest BCUT2D eigenvalue weighted by Gasteiger charge is -2.08. The van der Waals surface area contributed by atoms with Gasteiger partial charge in [-0.3, -0.25) is 25.0 Å². The SMILES string of the molecule is O=C(NCCOc1ccc2nnc(-c3ccccc3Cl)n2n1)c1cc([N+](=O)[O-])cc([N+](=O)[O-])c1. The van der Waals surface area contributed by atoms with Crippen molar-refractivity contribution < 1.29 is 19.4 Å². The van der Waals surface area contributed by atoms with Gasteiger partial charge in [-0.2, -0.15) is 4.52 Å². The molecule has 4 aromatic rings. The number of ether oxygens (including phenoxy) is 1. The van der Waals surface area contributed by atoms with Crippen LogP contribution in [-0.4, -0.2) is 48.7 Å². The smallest absolute Gasteiger partial charge is 0.277 e. The van der Waals surface area contributed by atoms with Gasteiger partial charge < -0.3 is 10.1 Å². The van der Waals surface area contributed by atoms with Crippen molar-refractivity contribution in [1.82, 2.24) is 25.1 Å². The van der Waals surface area contributed by atoms with Crippen molar-refractivity contribution in [2.45, 2.75) is 0 Å². The van der Waals surface area contributed by atoms with Crippen LogP contribution >= 0.6 is 11.6 Å². The van der Waals surface area contributed by atoms with Gasteiger partial charge in [0.05, 0.1) is 33.0 Å². The number of nitro groups is 2. The van der Waals surface area contributed by atoms with Gasteiger partial charge in [-0.05, 0) is 18.2 Å². The van der Waals surface area contributed by atoms with E-state index in [1.165, 1.54) is 4.52 Å². The molecular formula is C20H14ClN7O6. The summed E-state index contributed by atoms with van der Waals surface area (Å²) in [5.74, 6) is -0.0777. The van der Waals surface area contributed by atoms with Crippen molar-refractivity contribution in [3.8, 4) is 17.3 Å². The van der Waals surface area contributed by atoms with E-state index >= 15 is 0 Å². The van der Waals surface area contributed by atoms with Gasteiger partial charge in [0.25, 0.3) is 17.3 Å². The number of carbonyl (C=O) groups is 1. The van der Waals surface area contributed by atoms with E-state index in [4.69, 9.17) is 16.3 Å². The molecule has 0 radical (unpaired) electrons. The highest BCUT2D eigenvalue weighted by atomic mass is 35.5. The molecule has 4 rings (SSSR count). The number of amides is 1. The fourth-order valence-corrected chi connectivity index (χ4v) is 3.24. The minimum atomic E-state index is -0.809. The maximum Gasteiger partial charge on any atom is 0.277 e. The highest BCUT2D eigenvalue weighted by Gasteiger charge is 2.20. The quantitative estimate of drug-likeness (QED) is 0.225. The molecule has 2 aromatic carbocycles. The Kier molecular flexibility index (Phi) is 6.27. The van der Waals surface area contributed by atoms with Crippen LogP contribution in [0.3, 0.4) is 0 Å². The molecule has 0 atom stereocenters. The van der Waals surface area contributed by atoms with Gasteiger partial charge in [-0.1, -0.05) is 23.7 Å². The monoisotopic (exact) mass is 483 g/mol. The van der Waals surface area contributed by atoms with Gasteiger partial charge in [0.1, 0.15) is 6.61 Å². The second-order valence-electron chi connectivity index (χ2n) is 6.80. The lowest BCUT2D eigenvalue weighted by Crippen LogP contribution is -2.28. The van der Waals surface area contributed by atoms with Crippen LogP contribution in [0, 0.1) is 20.2 Å². The fraction of sp³-hybridized carbons (Fsp3) is 0.100. The third-order valence-corrected chi connectivity index (χ3v) is 4.91. The Hall–Kier alpha value is -4.65. The van der Waals surface area contributed by atoms with E-state index in [1.807, 2.05) is 0 Å². The van der Waals surface area contributed by atoms with Crippen LogP contribution in [-0.2, 0) is 0 Å². The number of aromatic nitrogens is 4. The van der Waals surface area contributed by atoms with Crippen molar-refractivity contribution >= 4 is 34.5 Å². The molecule has 2 heterocycles. The maximum atomic E-state index is 12.3. The summed E-state index contributed by atoms with van der Waals surface area (Å²) < 4.78 is 7.03. The Labute approximate surface area is 195 Å². The Morgan fingerprint density at radius 3 is 2.41 bits per heavy atom. The first-order chi connectivity index (χ1) is 16.3. The summed E-state index contributed by atoms with van der Waals surface area (Å²) in [7, 11) is 0. The molecule has 1 N–H and O–H groups in total. The predicted molar refractivity (Wildman–Crippen MR) is 119 cm³/mol. The van der Waals surface area contributed by atoms with Crippen molar-refractivity contribution in [2.24, 2.45) is 0 Å². The first-order valence-corrected chi connectivity index (χ1v) is 10.0. The Morgan fingerprint density at radius 2 is 1.74 bits per heavy atom. The Morgan fingerprint density at radius 1 is 1.03 bits per heavy atom. The van der Waals surface area contributed by atoms with E-state index in [0.29, 0.717) is 22.1 Å². The molecule has 0 unspecified atom stereocenters. The summed E-state index contributed by atoms with van der Waals surface area (Å²) in [6, 6.07) is 13.0. The number of carbonyl (C=O) groups excluding carboxylic acids is 1. The molecule has 0 saturated heterocycles. The average Bonchev–Trinajstić information content (AvgIpc) is 3.24. The van der Waals surface area contributed by atoms with Gasteiger partial charge in [0, 0.05) is 23.8 Å². The number of hydrogen-bond acceptors (Lipinski definition) is 9. The zero-order chi connectivity index (χ0) is 24.2. The predicted octanol–water partition coefficient (Wildman–Crippen LogP) is 3.07. The third kappa shape index (κ3) is 4.73. The molecular weight excluding hydrogens is 470 g/mol. The number of nitro benzene ring substituents is 2. The first-order valence-electron chi connectivity index (χ1n) is 9.66. The van der Waals surface area contributed by atoms with Crippen molar-refractivity contribution in [2.75, 3.05) is 13.2 Å². The van der Waals surface area contributed by atoms with Crippen LogP contribution < -0.4 is 10.1 Å². The topological polar surface area (TPSA) is 168 Å². The molecule has 0 aliphatic carbocycles. The summed E-state index contributed by atoms with van der Waals surface area (Å²) in [5, 5.41) is 37.4. The van der Waals surface area contributed by atoms with Crippen molar-refractivity contribution in [3.63, 3.8) is 0 Å². The largest absolute Gasteiger partial charge is 0.475 e. The number of nitrogens with zero attached hydrogens (tertiary/aromatic N) is 6.